The van der Waals surface area contributed by atoms with Gasteiger partial charge in [0.25, 0.3) is 0 Å². The maximum atomic E-state index is 10.4. The van der Waals surface area contributed by atoms with Crippen LogP contribution in [0.4, 0.5) is 0 Å². The molecule has 0 saturated carbocycles. The van der Waals surface area contributed by atoms with Crippen molar-refractivity contribution in [3.05, 3.63) is 60.2 Å². The Bertz CT molecular complexity index is 849. The maximum absolute atomic E-state index is 10.4. The lowest BCUT2D eigenvalue weighted by atomic mass is 10.0. The zero-order chi connectivity index (χ0) is 18.9. The van der Waals surface area contributed by atoms with Crippen molar-refractivity contribution in [2.75, 3.05) is 0 Å². The molecule has 0 spiro atoms. The van der Waals surface area contributed by atoms with Crippen LogP contribution in [0.2, 0.25) is 0 Å². The first kappa shape index (κ1) is 19.2. The number of hydrogen-bond donors (Lipinski definition) is 1. The first-order chi connectivity index (χ1) is 13.3. The number of unbranched alkanes of at least 4 members (excludes halogenated alkanes) is 5. The van der Waals surface area contributed by atoms with E-state index in [2.05, 4.69) is 29.3 Å². The quantitative estimate of drug-likeness (QED) is 0.356. The van der Waals surface area contributed by atoms with Crippen LogP contribution in [-0.4, -0.2) is 20.1 Å². The van der Waals surface area contributed by atoms with Gasteiger partial charge in [0.2, 0.25) is 0 Å². The molecule has 1 N–H and O–H groups in total. The molecule has 1 heterocycles. The fourth-order valence-corrected chi connectivity index (χ4v) is 3.30. The second-order valence-electron chi connectivity index (χ2n) is 6.97. The van der Waals surface area contributed by atoms with E-state index in [9.17, 15) is 5.11 Å². The first-order valence-corrected chi connectivity index (χ1v) is 10.1. The van der Waals surface area contributed by atoms with Crippen molar-refractivity contribution >= 4 is 11.0 Å². The fourth-order valence-electron chi connectivity index (χ4n) is 3.30. The molecular formula is C23H29N3O. The van der Waals surface area contributed by atoms with Gasteiger partial charge >= 0.3 is 0 Å². The summed E-state index contributed by atoms with van der Waals surface area (Å²) < 4.78 is 0. The summed E-state index contributed by atoms with van der Waals surface area (Å²) in [5.41, 5.74) is 3.49. The number of fused-ring (bicyclic) bond motifs is 1. The minimum absolute atomic E-state index is 0.317. The maximum Gasteiger partial charge on any atom is 0.120 e. The molecule has 4 nitrogen and oxygen atoms in total. The highest BCUT2D eigenvalue weighted by atomic mass is 16.3. The Morgan fingerprint density at radius 1 is 0.852 bits per heavy atom. The van der Waals surface area contributed by atoms with E-state index < -0.39 is 0 Å². The minimum atomic E-state index is 0.317. The van der Waals surface area contributed by atoms with Gasteiger partial charge in [0.05, 0.1) is 5.69 Å². The van der Waals surface area contributed by atoms with Crippen molar-refractivity contribution < 1.29 is 5.11 Å². The Hall–Kier alpha value is -2.62. The first-order valence-electron chi connectivity index (χ1n) is 10.1. The molecule has 0 saturated heterocycles. The SMILES string of the molecule is CCCCCCC=CCCCc1c(O)cccc1-n1nc2ccccc2n1. The Balaban J connectivity index is 1.61. The lowest BCUT2D eigenvalue weighted by Gasteiger charge is -2.10. The van der Waals surface area contributed by atoms with Gasteiger partial charge in [-0.15, -0.1) is 15.0 Å². The number of aromatic nitrogens is 3. The summed E-state index contributed by atoms with van der Waals surface area (Å²) in [5.74, 6) is 0.317. The van der Waals surface area contributed by atoms with Gasteiger partial charge in [-0.25, -0.2) is 0 Å². The molecule has 0 unspecified atom stereocenters. The van der Waals surface area contributed by atoms with E-state index in [-0.39, 0.29) is 0 Å². The van der Waals surface area contributed by atoms with Gasteiger partial charge in [0.1, 0.15) is 16.8 Å². The number of allylic oxidation sites excluding steroid dienone is 2. The zero-order valence-electron chi connectivity index (χ0n) is 16.1. The summed E-state index contributed by atoms with van der Waals surface area (Å²) in [7, 11) is 0. The van der Waals surface area contributed by atoms with Crippen LogP contribution in [0.15, 0.2) is 54.6 Å². The summed E-state index contributed by atoms with van der Waals surface area (Å²) in [6, 6.07) is 13.4. The Kier molecular flexibility index (Phi) is 7.03. The Labute approximate surface area is 161 Å². The van der Waals surface area contributed by atoms with Crippen LogP contribution in [0, 0.1) is 0 Å². The molecule has 27 heavy (non-hydrogen) atoms. The molecular weight excluding hydrogens is 334 g/mol. The van der Waals surface area contributed by atoms with Crippen LogP contribution in [0.25, 0.3) is 16.7 Å². The molecule has 142 valence electrons. The van der Waals surface area contributed by atoms with Gasteiger partial charge in [-0.2, -0.15) is 0 Å². The van der Waals surface area contributed by atoms with Gasteiger partial charge < -0.3 is 5.11 Å². The summed E-state index contributed by atoms with van der Waals surface area (Å²) in [4.78, 5) is 1.64. The Morgan fingerprint density at radius 3 is 2.26 bits per heavy atom. The third-order valence-corrected chi connectivity index (χ3v) is 4.82. The average molecular weight is 364 g/mol. The van der Waals surface area contributed by atoms with E-state index in [1.165, 1.54) is 32.1 Å². The van der Waals surface area contributed by atoms with E-state index in [1.807, 2.05) is 36.4 Å². The molecule has 3 rings (SSSR count). The highest BCUT2D eigenvalue weighted by Crippen LogP contribution is 2.26. The van der Waals surface area contributed by atoms with Gasteiger partial charge in [-0.1, -0.05) is 56.5 Å². The predicted octanol–water partition coefficient (Wildman–Crippen LogP) is 5.98. The van der Waals surface area contributed by atoms with E-state index in [1.54, 1.807) is 10.9 Å². The van der Waals surface area contributed by atoms with E-state index >= 15 is 0 Å². The number of rotatable bonds is 10. The molecule has 0 aliphatic carbocycles. The number of aromatic hydroxyl groups is 1. The summed E-state index contributed by atoms with van der Waals surface area (Å²) >= 11 is 0. The normalized spacial score (nSPS) is 11.6. The average Bonchev–Trinajstić information content (AvgIpc) is 3.11. The van der Waals surface area contributed by atoms with Crippen molar-refractivity contribution in [1.82, 2.24) is 15.0 Å². The molecule has 0 bridgehead atoms. The van der Waals surface area contributed by atoms with Crippen LogP contribution < -0.4 is 0 Å². The van der Waals surface area contributed by atoms with Crippen molar-refractivity contribution in [3.63, 3.8) is 0 Å². The fraction of sp³-hybridized carbons (Fsp3) is 0.391. The number of benzene rings is 2. The molecule has 0 atom stereocenters. The topological polar surface area (TPSA) is 50.9 Å². The molecule has 0 radical (unpaired) electrons. The van der Waals surface area contributed by atoms with Crippen molar-refractivity contribution in [2.45, 2.75) is 58.3 Å². The third-order valence-electron chi connectivity index (χ3n) is 4.82. The Morgan fingerprint density at radius 2 is 1.56 bits per heavy atom. The summed E-state index contributed by atoms with van der Waals surface area (Å²) in [6.45, 7) is 2.24. The molecule has 4 heteroatoms. The molecule has 0 amide bonds. The second kappa shape index (κ2) is 9.91. The van der Waals surface area contributed by atoms with Crippen molar-refractivity contribution in [2.24, 2.45) is 0 Å². The van der Waals surface area contributed by atoms with Gasteiger partial charge in [-0.3, -0.25) is 0 Å². The number of nitrogens with zero attached hydrogens (tertiary/aromatic N) is 3. The molecule has 0 aliphatic heterocycles. The molecule has 1 aromatic heterocycles. The van der Waals surface area contributed by atoms with Crippen LogP contribution in [0.1, 0.15) is 57.4 Å². The number of phenolic OH excluding ortho intramolecular Hbond substituents is 1. The van der Waals surface area contributed by atoms with E-state index in [4.69, 9.17) is 0 Å². The monoisotopic (exact) mass is 363 g/mol. The lowest BCUT2D eigenvalue weighted by Crippen LogP contribution is -2.03. The molecule has 0 fully saturated rings. The molecule has 0 aliphatic rings. The van der Waals surface area contributed by atoms with Crippen molar-refractivity contribution in [3.8, 4) is 11.4 Å². The smallest absolute Gasteiger partial charge is 0.120 e. The molecule has 2 aromatic carbocycles. The highest BCUT2D eigenvalue weighted by molar-refractivity contribution is 5.73. The number of phenols is 1. The third kappa shape index (κ3) is 5.19. The van der Waals surface area contributed by atoms with Gasteiger partial charge in [0, 0.05) is 5.56 Å². The zero-order valence-corrected chi connectivity index (χ0v) is 16.1. The minimum Gasteiger partial charge on any atom is -0.508 e. The second-order valence-corrected chi connectivity index (χ2v) is 6.97. The van der Waals surface area contributed by atoms with E-state index in [0.717, 1.165) is 41.5 Å². The van der Waals surface area contributed by atoms with Gasteiger partial charge in [-0.05, 0) is 56.4 Å². The molecule has 3 aromatic rings. The largest absolute Gasteiger partial charge is 0.508 e. The lowest BCUT2D eigenvalue weighted by molar-refractivity contribution is 0.466. The number of hydrogen-bond acceptors (Lipinski definition) is 3. The van der Waals surface area contributed by atoms with Crippen LogP contribution in [-0.2, 0) is 6.42 Å². The van der Waals surface area contributed by atoms with E-state index in [0.29, 0.717) is 5.75 Å². The van der Waals surface area contributed by atoms with Crippen LogP contribution >= 0.6 is 0 Å². The van der Waals surface area contributed by atoms with Crippen molar-refractivity contribution in [1.29, 1.82) is 0 Å². The highest BCUT2D eigenvalue weighted by Gasteiger charge is 2.12. The summed E-state index contributed by atoms with van der Waals surface area (Å²) in [5, 5.41) is 19.5. The van der Waals surface area contributed by atoms with Crippen LogP contribution in [0.5, 0.6) is 5.75 Å². The summed E-state index contributed by atoms with van der Waals surface area (Å²) in [6.07, 6.45) is 13.8. The van der Waals surface area contributed by atoms with Crippen LogP contribution in [0.3, 0.4) is 0 Å². The standard InChI is InChI=1S/C23H29N3O/c1-2-3-4-5-6-7-8-9-10-14-19-22(17-13-18-23(19)27)26-24-20-15-11-12-16-21(20)25-26/h7-8,11-13,15-18,27H,2-6,9-10,14H2,1H3. The predicted molar refractivity (Wildman–Crippen MR) is 111 cm³/mol. The van der Waals surface area contributed by atoms with Gasteiger partial charge in [0.15, 0.2) is 0 Å².